The summed E-state index contributed by atoms with van der Waals surface area (Å²) in [6.45, 7) is 0.530. The monoisotopic (exact) mass is 283 g/mol. The summed E-state index contributed by atoms with van der Waals surface area (Å²) < 4.78 is 10.6. The summed E-state index contributed by atoms with van der Waals surface area (Å²) in [5.74, 6) is 0.678. The molecule has 1 saturated carbocycles. The molecule has 0 radical (unpaired) electrons. The third-order valence-corrected chi connectivity index (χ3v) is 4.26. The highest BCUT2D eigenvalue weighted by Gasteiger charge is 2.32. The fourth-order valence-electron chi connectivity index (χ4n) is 2.94. The van der Waals surface area contributed by atoms with Crippen molar-refractivity contribution >= 4 is 11.6 Å². The number of rotatable bonds is 4. The minimum atomic E-state index is -0.276. The zero-order valence-corrected chi connectivity index (χ0v) is 12.4. The van der Waals surface area contributed by atoms with Gasteiger partial charge >= 0.3 is 0 Å². The van der Waals surface area contributed by atoms with Crippen LogP contribution in [0.2, 0.25) is 5.02 Å². The molecule has 1 fully saturated rings. The predicted molar refractivity (Wildman–Crippen MR) is 77.7 cm³/mol. The molecule has 19 heavy (non-hydrogen) atoms. The van der Waals surface area contributed by atoms with Crippen LogP contribution in [0.25, 0.3) is 0 Å². The Balaban J connectivity index is 2.44. The second-order valence-electron chi connectivity index (χ2n) is 5.29. The average Bonchev–Trinajstić information content (AvgIpc) is 2.41. The van der Waals surface area contributed by atoms with Gasteiger partial charge < -0.3 is 15.2 Å². The quantitative estimate of drug-likeness (QED) is 0.918. The molecule has 1 aliphatic rings. The smallest absolute Gasteiger partial charge is 0.137 e. The van der Waals surface area contributed by atoms with Crippen LogP contribution < -0.4 is 10.5 Å². The lowest BCUT2D eigenvalue weighted by Crippen LogP contribution is -2.39. The topological polar surface area (TPSA) is 44.5 Å². The van der Waals surface area contributed by atoms with Crippen LogP contribution in [0.4, 0.5) is 0 Å². The minimum absolute atomic E-state index is 0.276. The maximum absolute atomic E-state index is 6.62. The molecule has 0 heterocycles. The number of nitrogens with two attached hydrogens (primary N) is 1. The Morgan fingerprint density at radius 2 is 1.89 bits per heavy atom. The van der Waals surface area contributed by atoms with Crippen LogP contribution in [-0.4, -0.2) is 14.2 Å². The van der Waals surface area contributed by atoms with Crippen molar-refractivity contribution in [3.8, 4) is 5.75 Å². The van der Waals surface area contributed by atoms with Gasteiger partial charge in [-0.05, 0) is 36.1 Å². The fourth-order valence-corrected chi connectivity index (χ4v) is 3.18. The molecule has 0 aliphatic heterocycles. The first-order valence-electron chi connectivity index (χ1n) is 6.75. The van der Waals surface area contributed by atoms with Crippen molar-refractivity contribution in [2.75, 3.05) is 14.2 Å². The zero-order valence-electron chi connectivity index (χ0n) is 11.7. The van der Waals surface area contributed by atoms with Crippen LogP contribution >= 0.6 is 11.6 Å². The summed E-state index contributed by atoms with van der Waals surface area (Å²) in [5.41, 5.74) is 8.53. The zero-order chi connectivity index (χ0) is 13.9. The van der Waals surface area contributed by atoms with Gasteiger partial charge in [0.15, 0.2) is 0 Å². The molecule has 3 nitrogen and oxygen atoms in total. The van der Waals surface area contributed by atoms with E-state index in [4.69, 9.17) is 26.8 Å². The molecule has 1 aliphatic carbocycles. The third kappa shape index (κ3) is 3.04. The molecule has 0 amide bonds. The van der Waals surface area contributed by atoms with E-state index in [9.17, 15) is 0 Å². The summed E-state index contributed by atoms with van der Waals surface area (Å²) >= 11 is 6.26. The molecule has 0 saturated heterocycles. The standard InChI is InChI=1S/C15H22ClNO2/c1-18-10-11-8-14(19-2)13(16)9-12(11)15(17)6-4-3-5-7-15/h8-9H,3-7,10,17H2,1-2H3. The highest BCUT2D eigenvalue weighted by molar-refractivity contribution is 6.32. The molecule has 0 aromatic heterocycles. The predicted octanol–water partition coefficient (Wildman–Crippen LogP) is 3.61. The van der Waals surface area contributed by atoms with E-state index in [-0.39, 0.29) is 5.54 Å². The summed E-state index contributed by atoms with van der Waals surface area (Å²) in [6, 6.07) is 3.91. The van der Waals surface area contributed by atoms with Gasteiger partial charge in [0.2, 0.25) is 0 Å². The average molecular weight is 284 g/mol. The number of hydrogen-bond acceptors (Lipinski definition) is 3. The van der Waals surface area contributed by atoms with Gasteiger partial charge in [0.25, 0.3) is 0 Å². The van der Waals surface area contributed by atoms with Gasteiger partial charge in [-0.2, -0.15) is 0 Å². The molecule has 2 rings (SSSR count). The van der Waals surface area contributed by atoms with Crippen molar-refractivity contribution < 1.29 is 9.47 Å². The third-order valence-electron chi connectivity index (χ3n) is 3.96. The molecule has 2 N–H and O–H groups in total. The molecular weight excluding hydrogens is 262 g/mol. The fraction of sp³-hybridized carbons (Fsp3) is 0.600. The van der Waals surface area contributed by atoms with Gasteiger partial charge in [0.1, 0.15) is 5.75 Å². The molecular formula is C15H22ClNO2. The van der Waals surface area contributed by atoms with E-state index in [1.165, 1.54) is 19.3 Å². The Labute approximate surface area is 120 Å². The van der Waals surface area contributed by atoms with Crippen LogP contribution in [0.5, 0.6) is 5.75 Å². The maximum atomic E-state index is 6.62. The van der Waals surface area contributed by atoms with Gasteiger partial charge in [-0.15, -0.1) is 0 Å². The van der Waals surface area contributed by atoms with E-state index in [1.807, 2.05) is 12.1 Å². The number of benzene rings is 1. The lowest BCUT2D eigenvalue weighted by Gasteiger charge is -2.35. The van der Waals surface area contributed by atoms with Crippen LogP contribution in [0, 0.1) is 0 Å². The Morgan fingerprint density at radius 3 is 2.47 bits per heavy atom. The Bertz CT molecular complexity index is 442. The van der Waals surface area contributed by atoms with Gasteiger partial charge in [0, 0.05) is 12.6 Å². The molecule has 0 bridgehead atoms. The molecule has 4 heteroatoms. The Morgan fingerprint density at radius 1 is 1.21 bits per heavy atom. The second-order valence-corrected chi connectivity index (χ2v) is 5.70. The van der Waals surface area contributed by atoms with E-state index in [2.05, 4.69) is 0 Å². The lowest BCUT2D eigenvalue weighted by atomic mass is 9.76. The SMILES string of the molecule is COCc1cc(OC)c(Cl)cc1C1(N)CCCCC1. The van der Waals surface area contributed by atoms with Gasteiger partial charge in [-0.3, -0.25) is 0 Å². The Kier molecular flexibility index (Phi) is 4.71. The number of methoxy groups -OCH3 is 2. The van der Waals surface area contributed by atoms with Crippen LogP contribution in [-0.2, 0) is 16.9 Å². The van der Waals surface area contributed by atoms with E-state index < -0.39 is 0 Å². The first-order chi connectivity index (χ1) is 9.10. The summed E-state index contributed by atoms with van der Waals surface area (Å²) in [6.07, 6.45) is 5.63. The first kappa shape index (κ1) is 14.6. The minimum Gasteiger partial charge on any atom is -0.495 e. The highest BCUT2D eigenvalue weighted by atomic mass is 35.5. The number of hydrogen-bond donors (Lipinski definition) is 1. The number of halogens is 1. The first-order valence-corrected chi connectivity index (χ1v) is 7.13. The highest BCUT2D eigenvalue weighted by Crippen LogP contribution is 2.40. The summed E-state index contributed by atoms with van der Waals surface area (Å²) in [7, 11) is 3.31. The van der Waals surface area contributed by atoms with E-state index in [1.54, 1.807) is 14.2 Å². The van der Waals surface area contributed by atoms with E-state index in [0.29, 0.717) is 17.4 Å². The largest absolute Gasteiger partial charge is 0.495 e. The molecule has 106 valence electrons. The summed E-state index contributed by atoms with van der Waals surface area (Å²) in [5, 5.41) is 0.618. The normalized spacial score (nSPS) is 18.3. The van der Waals surface area contributed by atoms with Crippen molar-refractivity contribution in [3.05, 3.63) is 28.3 Å². The van der Waals surface area contributed by atoms with Crippen LogP contribution in [0.15, 0.2) is 12.1 Å². The van der Waals surface area contributed by atoms with Crippen LogP contribution in [0.3, 0.4) is 0 Å². The van der Waals surface area contributed by atoms with E-state index in [0.717, 1.165) is 24.0 Å². The van der Waals surface area contributed by atoms with Crippen molar-refractivity contribution in [2.24, 2.45) is 5.73 Å². The van der Waals surface area contributed by atoms with Gasteiger partial charge in [-0.25, -0.2) is 0 Å². The van der Waals surface area contributed by atoms with Crippen molar-refractivity contribution in [2.45, 2.75) is 44.2 Å². The Hall–Kier alpha value is -0.770. The number of ether oxygens (including phenoxy) is 2. The van der Waals surface area contributed by atoms with Crippen LogP contribution in [0.1, 0.15) is 43.2 Å². The van der Waals surface area contributed by atoms with Gasteiger partial charge in [0.05, 0.1) is 18.7 Å². The van der Waals surface area contributed by atoms with Crippen molar-refractivity contribution in [1.29, 1.82) is 0 Å². The molecule has 1 aromatic carbocycles. The molecule has 0 unspecified atom stereocenters. The van der Waals surface area contributed by atoms with Crippen molar-refractivity contribution in [3.63, 3.8) is 0 Å². The molecule has 1 aromatic rings. The van der Waals surface area contributed by atoms with Crippen molar-refractivity contribution in [1.82, 2.24) is 0 Å². The molecule has 0 atom stereocenters. The molecule has 0 spiro atoms. The lowest BCUT2D eigenvalue weighted by molar-refractivity contribution is 0.180. The summed E-state index contributed by atoms with van der Waals surface area (Å²) in [4.78, 5) is 0. The van der Waals surface area contributed by atoms with E-state index >= 15 is 0 Å². The van der Waals surface area contributed by atoms with Gasteiger partial charge in [-0.1, -0.05) is 30.9 Å². The maximum Gasteiger partial charge on any atom is 0.137 e. The second kappa shape index (κ2) is 6.12.